The number of halogens is 1. The number of carbonyl (C=O) groups is 1. The van der Waals surface area contributed by atoms with Crippen molar-refractivity contribution < 1.29 is 18.7 Å². The highest BCUT2D eigenvalue weighted by Gasteiger charge is 2.36. The van der Waals surface area contributed by atoms with Crippen molar-refractivity contribution in [3.63, 3.8) is 0 Å². The third-order valence-electron chi connectivity index (χ3n) is 4.82. The minimum absolute atomic E-state index is 0.0133. The normalized spacial score (nSPS) is 21.5. The van der Waals surface area contributed by atoms with Crippen molar-refractivity contribution in [1.29, 1.82) is 0 Å². The van der Waals surface area contributed by atoms with Crippen LogP contribution in [0.15, 0.2) is 18.2 Å². The standard InChI is InChI=1S/C18H27FN2O3/c1-20-17(22)8-10-18(24-3)9-5-11-21(13-18)12-14-15(19)6-4-7-16(14)23-2/h4,6-7H,5,8-13H2,1-3H3,(H,20,22)/t18-/m1/s1. The topological polar surface area (TPSA) is 50.8 Å². The minimum Gasteiger partial charge on any atom is -0.496 e. The Labute approximate surface area is 143 Å². The van der Waals surface area contributed by atoms with Gasteiger partial charge in [-0.25, -0.2) is 4.39 Å². The van der Waals surface area contributed by atoms with Crippen molar-refractivity contribution in [2.45, 2.75) is 37.8 Å². The molecule has 1 saturated heterocycles. The first-order chi connectivity index (χ1) is 11.5. The summed E-state index contributed by atoms with van der Waals surface area (Å²) in [5.41, 5.74) is 0.210. The molecule has 1 aromatic carbocycles. The summed E-state index contributed by atoms with van der Waals surface area (Å²) in [4.78, 5) is 13.7. The molecule has 1 amide bonds. The van der Waals surface area contributed by atoms with Gasteiger partial charge in [0, 0.05) is 39.2 Å². The SMILES string of the molecule is CNC(=O)CC[C@]1(OC)CCCN(Cc2c(F)cccc2OC)C1. The van der Waals surface area contributed by atoms with E-state index in [0.717, 1.165) is 19.4 Å². The van der Waals surface area contributed by atoms with Gasteiger partial charge in [-0.1, -0.05) is 6.07 Å². The summed E-state index contributed by atoms with van der Waals surface area (Å²) < 4.78 is 25.2. The number of ether oxygens (including phenoxy) is 2. The Hall–Kier alpha value is -1.66. The molecule has 134 valence electrons. The van der Waals surface area contributed by atoms with E-state index in [1.165, 1.54) is 6.07 Å². The van der Waals surface area contributed by atoms with Gasteiger partial charge in [0.1, 0.15) is 11.6 Å². The lowest BCUT2D eigenvalue weighted by Crippen LogP contribution is -2.49. The van der Waals surface area contributed by atoms with E-state index in [2.05, 4.69) is 10.2 Å². The maximum Gasteiger partial charge on any atom is 0.219 e. The summed E-state index contributed by atoms with van der Waals surface area (Å²) in [6, 6.07) is 4.88. The van der Waals surface area contributed by atoms with E-state index in [-0.39, 0.29) is 17.3 Å². The zero-order chi connectivity index (χ0) is 17.6. The molecule has 1 fully saturated rings. The third-order valence-corrected chi connectivity index (χ3v) is 4.82. The molecule has 0 radical (unpaired) electrons. The fraction of sp³-hybridized carbons (Fsp3) is 0.611. The Morgan fingerprint density at radius 3 is 2.88 bits per heavy atom. The van der Waals surface area contributed by atoms with Crippen LogP contribution in [0.4, 0.5) is 4.39 Å². The molecule has 6 heteroatoms. The number of carbonyl (C=O) groups excluding carboxylic acids is 1. The number of hydrogen-bond acceptors (Lipinski definition) is 4. The summed E-state index contributed by atoms with van der Waals surface area (Å²) in [5, 5.41) is 2.65. The lowest BCUT2D eigenvalue weighted by atomic mass is 9.87. The molecule has 1 aromatic rings. The molecule has 5 nitrogen and oxygen atoms in total. The van der Waals surface area contributed by atoms with Crippen LogP contribution in [0.1, 0.15) is 31.2 Å². The van der Waals surface area contributed by atoms with Crippen LogP contribution < -0.4 is 10.1 Å². The van der Waals surface area contributed by atoms with Crippen molar-refractivity contribution >= 4 is 5.91 Å². The van der Waals surface area contributed by atoms with E-state index in [1.54, 1.807) is 33.4 Å². The van der Waals surface area contributed by atoms with Gasteiger partial charge in [-0.2, -0.15) is 0 Å². The minimum atomic E-state index is -0.358. The first-order valence-corrected chi connectivity index (χ1v) is 8.33. The van der Waals surface area contributed by atoms with Crippen molar-refractivity contribution in [3.8, 4) is 5.75 Å². The predicted molar refractivity (Wildman–Crippen MR) is 90.5 cm³/mol. The largest absolute Gasteiger partial charge is 0.496 e. The van der Waals surface area contributed by atoms with E-state index < -0.39 is 0 Å². The summed E-state index contributed by atoms with van der Waals surface area (Å²) in [7, 11) is 4.88. The molecule has 1 N–H and O–H groups in total. The number of hydrogen-bond donors (Lipinski definition) is 1. The molecule has 1 aliphatic heterocycles. The summed E-state index contributed by atoms with van der Waals surface area (Å²) >= 11 is 0. The van der Waals surface area contributed by atoms with Crippen LogP contribution in [-0.2, 0) is 16.1 Å². The van der Waals surface area contributed by atoms with Crippen molar-refractivity contribution in [1.82, 2.24) is 10.2 Å². The summed E-state index contributed by atoms with van der Waals surface area (Å²) in [6.45, 7) is 2.03. The average Bonchev–Trinajstić information content (AvgIpc) is 2.61. The number of amides is 1. The highest BCUT2D eigenvalue weighted by atomic mass is 19.1. The highest BCUT2D eigenvalue weighted by molar-refractivity contribution is 5.75. The van der Waals surface area contributed by atoms with Crippen LogP contribution in [0, 0.1) is 5.82 Å². The number of methoxy groups -OCH3 is 2. The van der Waals surface area contributed by atoms with Gasteiger partial charge in [0.05, 0.1) is 12.7 Å². The molecule has 0 aliphatic carbocycles. The lowest BCUT2D eigenvalue weighted by Gasteiger charge is -2.42. The van der Waals surface area contributed by atoms with Gasteiger partial charge < -0.3 is 14.8 Å². The zero-order valence-corrected chi connectivity index (χ0v) is 14.7. The molecule has 0 saturated carbocycles. The van der Waals surface area contributed by atoms with Gasteiger partial charge in [0.25, 0.3) is 0 Å². The highest BCUT2D eigenvalue weighted by Crippen LogP contribution is 2.31. The maximum atomic E-state index is 14.2. The average molecular weight is 338 g/mol. The number of likely N-dealkylation sites (tertiary alicyclic amines) is 1. The van der Waals surface area contributed by atoms with Crippen LogP contribution in [-0.4, -0.2) is 50.8 Å². The van der Waals surface area contributed by atoms with Crippen LogP contribution in [0.2, 0.25) is 0 Å². The number of nitrogens with zero attached hydrogens (tertiary/aromatic N) is 1. The molecule has 1 atom stereocenters. The Morgan fingerprint density at radius 2 is 2.21 bits per heavy atom. The van der Waals surface area contributed by atoms with Crippen molar-refractivity contribution in [2.75, 3.05) is 34.4 Å². The van der Waals surface area contributed by atoms with E-state index in [9.17, 15) is 9.18 Å². The third kappa shape index (κ3) is 4.45. The molecule has 1 heterocycles. The molecule has 2 rings (SSSR count). The van der Waals surface area contributed by atoms with E-state index in [0.29, 0.717) is 37.2 Å². The van der Waals surface area contributed by atoms with Gasteiger partial charge in [-0.3, -0.25) is 9.69 Å². The fourth-order valence-corrected chi connectivity index (χ4v) is 3.37. The van der Waals surface area contributed by atoms with E-state index >= 15 is 0 Å². The van der Waals surface area contributed by atoms with E-state index in [4.69, 9.17) is 9.47 Å². The van der Waals surface area contributed by atoms with Crippen LogP contribution in [0.25, 0.3) is 0 Å². The van der Waals surface area contributed by atoms with Gasteiger partial charge in [-0.15, -0.1) is 0 Å². The molecule has 0 bridgehead atoms. The summed E-state index contributed by atoms with van der Waals surface area (Å²) in [5.74, 6) is 0.321. The maximum absolute atomic E-state index is 14.2. The zero-order valence-electron chi connectivity index (χ0n) is 14.7. The monoisotopic (exact) mass is 338 g/mol. The first kappa shape index (κ1) is 18.7. The van der Waals surface area contributed by atoms with Gasteiger partial charge in [0.15, 0.2) is 0 Å². The molecule has 1 aliphatic rings. The second-order valence-corrected chi connectivity index (χ2v) is 6.30. The van der Waals surface area contributed by atoms with Crippen molar-refractivity contribution in [2.24, 2.45) is 0 Å². The van der Waals surface area contributed by atoms with Crippen LogP contribution in [0.5, 0.6) is 5.75 Å². The van der Waals surface area contributed by atoms with Gasteiger partial charge >= 0.3 is 0 Å². The Bertz CT molecular complexity index is 567. The lowest BCUT2D eigenvalue weighted by molar-refractivity contribution is -0.124. The quantitative estimate of drug-likeness (QED) is 0.829. The second kappa shape index (κ2) is 8.44. The number of rotatable bonds is 7. The second-order valence-electron chi connectivity index (χ2n) is 6.30. The number of piperidine rings is 1. The number of benzene rings is 1. The fourth-order valence-electron chi connectivity index (χ4n) is 3.37. The Balaban J connectivity index is 2.08. The Morgan fingerprint density at radius 1 is 1.42 bits per heavy atom. The van der Waals surface area contributed by atoms with Crippen molar-refractivity contribution in [3.05, 3.63) is 29.6 Å². The molecule has 0 aromatic heterocycles. The smallest absolute Gasteiger partial charge is 0.219 e. The van der Waals surface area contributed by atoms with Crippen LogP contribution in [0.3, 0.4) is 0 Å². The first-order valence-electron chi connectivity index (χ1n) is 8.33. The molecule has 0 unspecified atom stereocenters. The van der Waals surface area contributed by atoms with Crippen LogP contribution >= 0.6 is 0 Å². The Kier molecular flexibility index (Phi) is 6.57. The summed E-state index contributed by atoms with van der Waals surface area (Å²) in [6.07, 6.45) is 2.96. The van der Waals surface area contributed by atoms with Gasteiger partial charge in [-0.05, 0) is 37.9 Å². The van der Waals surface area contributed by atoms with Gasteiger partial charge in [0.2, 0.25) is 5.91 Å². The van der Waals surface area contributed by atoms with E-state index in [1.807, 2.05) is 0 Å². The molecular weight excluding hydrogens is 311 g/mol. The predicted octanol–water partition coefficient (Wildman–Crippen LogP) is 2.34. The molecule has 24 heavy (non-hydrogen) atoms. The number of nitrogens with one attached hydrogen (secondary N) is 1. The molecule has 0 spiro atoms. The molecular formula is C18H27FN2O3.